The molecule has 0 radical (unpaired) electrons. The number of carbonyl (C=O) groups is 1. The van der Waals surface area contributed by atoms with Crippen molar-refractivity contribution in [2.45, 2.75) is 39.8 Å². The van der Waals surface area contributed by atoms with Crippen LogP contribution in [0.4, 0.5) is 0 Å². The van der Waals surface area contributed by atoms with Crippen LogP contribution in [-0.4, -0.2) is 34.0 Å². The van der Waals surface area contributed by atoms with Crippen LogP contribution in [0, 0.1) is 10.6 Å². The molecular formula is C16H22N2O2. The van der Waals surface area contributed by atoms with Gasteiger partial charge in [0, 0.05) is 19.4 Å². The highest BCUT2D eigenvalue weighted by atomic mass is 16.5. The Kier molecular flexibility index (Phi) is 3.36. The van der Waals surface area contributed by atoms with E-state index in [1.807, 2.05) is 58.0 Å². The van der Waals surface area contributed by atoms with E-state index < -0.39 is 5.66 Å². The van der Waals surface area contributed by atoms with Crippen LogP contribution in [0.3, 0.4) is 0 Å². The third-order valence-corrected chi connectivity index (χ3v) is 4.48. The van der Waals surface area contributed by atoms with Gasteiger partial charge in [-0.25, -0.2) is 0 Å². The molecule has 1 amide bonds. The first-order chi connectivity index (χ1) is 9.19. The number of hydroxylamine groups is 1. The summed E-state index contributed by atoms with van der Waals surface area (Å²) in [5.41, 5.74) is 0.102. The molecular weight excluding hydrogens is 252 g/mol. The SMILES string of the molecule is CN1C(=O)C(Cc2ccccc2)=[N+]([O-])[C@]1(C)C(C)(C)C. The van der Waals surface area contributed by atoms with Crippen LogP contribution in [0.2, 0.25) is 0 Å². The second-order valence-electron chi connectivity index (χ2n) is 6.54. The molecule has 20 heavy (non-hydrogen) atoms. The predicted molar refractivity (Wildman–Crippen MR) is 79.4 cm³/mol. The zero-order chi connectivity index (χ0) is 15.1. The normalized spacial score (nSPS) is 23.6. The van der Waals surface area contributed by atoms with E-state index in [1.54, 1.807) is 11.9 Å². The first-order valence-electron chi connectivity index (χ1n) is 6.85. The lowest BCUT2D eigenvalue weighted by molar-refractivity contribution is -0.582. The Hall–Kier alpha value is -1.84. The van der Waals surface area contributed by atoms with Crippen LogP contribution in [0.5, 0.6) is 0 Å². The fourth-order valence-corrected chi connectivity index (χ4v) is 2.62. The molecule has 0 fully saturated rings. The first kappa shape index (κ1) is 14.6. The molecule has 1 aromatic carbocycles. The van der Waals surface area contributed by atoms with Crippen molar-refractivity contribution in [3.63, 3.8) is 0 Å². The van der Waals surface area contributed by atoms with E-state index in [9.17, 15) is 10.0 Å². The largest absolute Gasteiger partial charge is 0.622 e. The predicted octanol–water partition coefficient (Wildman–Crippen LogP) is 2.41. The van der Waals surface area contributed by atoms with Gasteiger partial charge in [-0.05, 0) is 5.56 Å². The summed E-state index contributed by atoms with van der Waals surface area (Å²) in [5, 5.41) is 12.7. The van der Waals surface area contributed by atoms with E-state index in [4.69, 9.17) is 0 Å². The molecule has 0 saturated heterocycles. The number of rotatable bonds is 2. The van der Waals surface area contributed by atoms with Crippen LogP contribution in [0.25, 0.3) is 0 Å². The van der Waals surface area contributed by atoms with Crippen molar-refractivity contribution in [2.24, 2.45) is 5.41 Å². The molecule has 0 unspecified atom stereocenters. The summed E-state index contributed by atoms with van der Waals surface area (Å²) in [6, 6.07) is 9.61. The quantitative estimate of drug-likeness (QED) is 0.614. The van der Waals surface area contributed by atoms with E-state index in [0.717, 1.165) is 10.3 Å². The summed E-state index contributed by atoms with van der Waals surface area (Å²) in [5.74, 6) is -0.179. The minimum Gasteiger partial charge on any atom is -0.622 e. The average molecular weight is 274 g/mol. The van der Waals surface area contributed by atoms with Crippen LogP contribution in [0.15, 0.2) is 30.3 Å². The second kappa shape index (κ2) is 4.62. The van der Waals surface area contributed by atoms with E-state index in [1.165, 1.54) is 0 Å². The Morgan fingerprint density at radius 1 is 1.25 bits per heavy atom. The molecule has 0 bridgehead atoms. The summed E-state index contributed by atoms with van der Waals surface area (Å²) < 4.78 is 0.905. The van der Waals surface area contributed by atoms with Crippen LogP contribution in [0.1, 0.15) is 33.3 Å². The molecule has 1 aromatic rings. The van der Waals surface area contributed by atoms with Gasteiger partial charge in [0.05, 0.1) is 6.42 Å². The lowest BCUT2D eigenvalue weighted by atomic mass is 9.81. The fraction of sp³-hybridized carbons (Fsp3) is 0.500. The van der Waals surface area contributed by atoms with Crippen molar-refractivity contribution in [1.82, 2.24) is 4.90 Å². The molecule has 2 rings (SSSR count). The highest BCUT2D eigenvalue weighted by Gasteiger charge is 2.58. The molecule has 1 aliphatic rings. The first-order valence-corrected chi connectivity index (χ1v) is 6.85. The molecule has 0 spiro atoms. The third kappa shape index (κ3) is 1.99. The molecule has 0 aromatic heterocycles. The summed E-state index contributed by atoms with van der Waals surface area (Å²) in [4.78, 5) is 14.0. The van der Waals surface area contributed by atoms with Gasteiger partial charge in [0.1, 0.15) is 0 Å². The van der Waals surface area contributed by atoms with Crippen LogP contribution >= 0.6 is 0 Å². The van der Waals surface area contributed by atoms with Gasteiger partial charge in [0.15, 0.2) is 0 Å². The second-order valence-corrected chi connectivity index (χ2v) is 6.54. The molecule has 4 heteroatoms. The van der Waals surface area contributed by atoms with Crippen LogP contribution in [-0.2, 0) is 11.2 Å². The molecule has 1 heterocycles. The maximum atomic E-state index is 12.7. The number of hydrogen-bond acceptors (Lipinski definition) is 2. The minimum atomic E-state index is -0.853. The van der Waals surface area contributed by atoms with Crippen molar-refractivity contribution in [3.8, 4) is 0 Å². The lowest BCUT2D eigenvalue weighted by Crippen LogP contribution is -2.56. The Morgan fingerprint density at radius 3 is 2.25 bits per heavy atom. The molecule has 4 nitrogen and oxygen atoms in total. The van der Waals surface area contributed by atoms with Crippen molar-refractivity contribution in [2.75, 3.05) is 7.05 Å². The molecule has 0 saturated carbocycles. The zero-order valence-electron chi connectivity index (χ0n) is 12.8. The topological polar surface area (TPSA) is 46.4 Å². The Bertz CT molecular complexity index is 558. The van der Waals surface area contributed by atoms with Gasteiger partial charge >= 0.3 is 5.91 Å². The average Bonchev–Trinajstić information content (AvgIpc) is 2.55. The molecule has 0 aliphatic carbocycles. The third-order valence-electron chi connectivity index (χ3n) is 4.48. The van der Waals surface area contributed by atoms with Gasteiger partial charge in [-0.1, -0.05) is 51.1 Å². The molecule has 108 valence electrons. The van der Waals surface area contributed by atoms with Gasteiger partial charge in [0.2, 0.25) is 0 Å². The van der Waals surface area contributed by atoms with Crippen molar-refractivity contribution < 1.29 is 9.53 Å². The van der Waals surface area contributed by atoms with Gasteiger partial charge in [-0.2, -0.15) is 4.74 Å². The maximum Gasteiger partial charge on any atom is 0.320 e. The van der Waals surface area contributed by atoms with Crippen LogP contribution < -0.4 is 0 Å². The molecule has 1 atom stereocenters. The van der Waals surface area contributed by atoms with Crippen molar-refractivity contribution >= 4 is 11.6 Å². The number of nitrogens with zero attached hydrogens (tertiary/aromatic N) is 2. The zero-order valence-corrected chi connectivity index (χ0v) is 12.8. The lowest BCUT2D eigenvalue weighted by Gasteiger charge is -2.40. The fourth-order valence-electron chi connectivity index (χ4n) is 2.62. The Labute approximate surface area is 120 Å². The van der Waals surface area contributed by atoms with E-state index in [-0.39, 0.29) is 11.3 Å². The summed E-state index contributed by atoms with van der Waals surface area (Å²) in [7, 11) is 1.70. The van der Waals surface area contributed by atoms with Gasteiger partial charge < -0.3 is 5.21 Å². The number of carbonyl (C=O) groups excluding carboxylic acids is 1. The van der Waals surface area contributed by atoms with E-state index in [2.05, 4.69) is 0 Å². The highest BCUT2D eigenvalue weighted by molar-refractivity contribution is 6.38. The number of benzene rings is 1. The monoisotopic (exact) mass is 274 g/mol. The van der Waals surface area contributed by atoms with Crippen molar-refractivity contribution in [1.29, 1.82) is 0 Å². The van der Waals surface area contributed by atoms with E-state index >= 15 is 0 Å². The number of hydrogen-bond donors (Lipinski definition) is 0. The minimum absolute atomic E-state index is 0.179. The van der Waals surface area contributed by atoms with Gasteiger partial charge in [-0.3, -0.25) is 9.69 Å². The maximum absolute atomic E-state index is 12.7. The molecule has 0 N–H and O–H groups in total. The summed E-state index contributed by atoms with van der Waals surface area (Å²) in [6.07, 6.45) is 0.374. The Morgan fingerprint density at radius 2 is 1.80 bits per heavy atom. The smallest absolute Gasteiger partial charge is 0.320 e. The standard InChI is InChI=1S/C16H22N2O2/c1-15(2,3)16(4)17(5)14(19)13(18(16)20)11-12-9-7-6-8-10-12/h6-10H,11H2,1-5H3/t16-/m1/s1. The number of amides is 1. The van der Waals surface area contributed by atoms with E-state index in [0.29, 0.717) is 12.1 Å². The Balaban J connectivity index is 2.45. The summed E-state index contributed by atoms with van der Waals surface area (Å²) >= 11 is 0. The molecule has 1 aliphatic heterocycles. The van der Waals surface area contributed by atoms with Crippen molar-refractivity contribution in [3.05, 3.63) is 41.1 Å². The van der Waals surface area contributed by atoms with Gasteiger partial charge in [-0.15, -0.1) is 0 Å². The summed E-state index contributed by atoms with van der Waals surface area (Å²) in [6.45, 7) is 7.77. The van der Waals surface area contributed by atoms with Gasteiger partial charge in [0.25, 0.3) is 11.4 Å². The highest BCUT2D eigenvalue weighted by Crippen LogP contribution is 2.38.